The van der Waals surface area contributed by atoms with Gasteiger partial charge in [0.1, 0.15) is 39.8 Å². The number of ether oxygens (including phenoxy) is 5. The number of benzene rings is 3. The molecule has 0 unspecified atom stereocenters. The lowest BCUT2D eigenvalue weighted by Crippen LogP contribution is -2.52. The standard InChI is InChI=1S/C38H46O8/c1-25(2)23-24-36(5,6)44-31-15-11-27(12-16-31)34(40)42-29-19-21-30(22-20-29)43-35(41)28-13-17-32(18-14-28)45-37(7,8)38(9,10)46-33(39)26(3)4/h11-22,25H,3,23-24H2,1-2,4-10H3. The van der Waals surface area contributed by atoms with Gasteiger partial charge in [-0.05, 0) is 140 Å². The molecule has 8 heteroatoms. The highest BCUT2D eigenvalue weighted by Gasteiger charge is 2.43. The average Bonchev–Trinajstić information content (AvgIpc) is 2.97. The summed E-state index contributed by atoms with van der Waals surface area (Å²) in [6.07, 6.45) is 1.99. The lowest BCUT2D eigenvalue weighted by atomic mass is 9.89. The molecule has 0 radical (unpaired) electrons. The van der Waals surface area contributed by atoms with E-state index in [0.717, 1.165) is 12.8 Å². The van der Waals surface area contributed by atoms with Gasteiger partial charge in [0.25, 0.3) is 0 Å². The van der Waals surface area contributed by atoms with Crippen molar-refractivity contribution in [2.45, 2.75) is 92.0 Å². The summed E-state index contributed by atoms with van der Waals surface area (Å²) in [5.41, 5.74) is -1.18. The van der Waals surface area contributed by atoms with E-state index in [-0.39, 0.29) is 11.4 Å². The number of hydrogen-bond acceptors (Lipinski definition) is 8. The van der Waals surface area contributed by atoms with E-state index in [9.17, 15) is 14.4 Å². The van der Waals surface area contributed by atoms with Crippen LogP contribution in [0.5, 0.6) is 23.0 Å². The summed E-state index contributed by atoms with van der Waals surface area (Å²) in [4.78, 5) is 37.5. The Morgan fingerprint density at radius 3 is 1.41 bits per heavy atom. The monoisotopic (exact) mass is 630 g/mol. The zero-order chi connectivity index (χ0) is 34.3. The Morgan fingerprint density at radius 1 is 0.630 bits per heavy atom. The summed E-state index contributed by atoms with van der Waals surface area (Å²) in [6, 6.07) is 19.5. The van der Waals surface area contributed by atoms with Gasteiger partial charge in [0.2, 0.25) is 0 Å². The van der Waals surface area contributed by atoms with Crippen molar-refractivity contribution >= 4 is 17.9 Å². The third-order valence-electron chi connectivity index (χ3n) is 7.66. The van der Waals surface area contributed by atoms with E-state index in [1.807, 2.05) is 13.8 Å². The largest absolute Gasteiger partial charge is 0.488 e. The van der Waals surface area contributed by atoms with Gasteiger partial charge in [-0.1, -0.05) is 20.4 Å². The third-order valence-corrected chi connectivity index (χ3v) is 7.66. The van der Waals surface area contributed by atoms with Crippen LogP contribution in [0.3, 0.4) is 0 Å². The molecule has 0 aliphatic rings. The summed E-state index contributed by atoms with van der Waals surface area (Å²) in [6.45, 7) is 20.8. The number of esters is 3. The smallest absolute Gasteiger partial charge is 0.343 e. The van der Waals surface area contributed by atoms with Crippen molar-refractivity contribution in [3.63, 3.8) is 0 Å². The number of carbonyl (C=O) groups excluding carboxylic acids is 3. The van der Waals surface area contributed by atoms with Crippen LogP contribution in [0.15, 0.2) is 84.9 Å². The molecule has 3 aromatic carbocycles. The van der Waals surface area contributed by atoms with Crippen molar-refractivity contribution in [1.82, 2.24) is 0 Å². The maximum absolute atomic E-state index is 12.8. The lowest BCUT2D eigenvalue weighted by Gasteiger charge is -2.40. The summed E-state index contributed by atoms with van der Waals surface area (Å²) < 4.78 is 28.8. The fraction of sp³-hybridized carbons (Fsp3) is 0.395. The van der Waals surface area contributed by atoms with Crippen molar-refractivity contribution in [3.8, 4) is 23.0 Å². The summed E-state index contributed by atoms with van der Waals surface area (Å²) >= 11 is 0. The molecule has 3 rings (SSSR count). The average molecular weight is 631 g/mol. The maximum Gasteiger partial charge on any atom is 0.343 e. The van der Waals surface area contributed by atoms with Gasteiger partial charge >= 0.3 is 17.9 Å². The molecule has 0 amide bonds. The highest BCUT2D eigenvalue weighted by molar-refractivity contribution is 5.92. The predicted molar refractivity (Wildman–Crippen MR) is 178 cm³/mol. The minimum absolute atomic E-state index is 0.286. The fourth-order valence-corrected chi connectivity index (χ4v) is 4.09. The van der Waals surface area contributed by atoms with Crippen LogP contribution in [0.25, 0.3) is 0 Å². The van der Waals surface area contributed by atoms with Crippen LogP contribution < -0.4 is 18.9 Å². The van der Waals surface area contributed by atoms with Crippen LogP contribution in [-0.2, 0) is 9.53 Å². The van der Waals surface area contributed by atoms with Crippen LogP contribution in [0, 0.1) is 5.92 Å². The van der Waals surface area contributed by atoms with Gasteiger partial charge in [0, 0.05) is 5.57 Å². The van der Waals surface area contributed by atoms with E-state index in [2.05, 4.69) is 34.3 Å². The second-order valence-electron chi connectivity index (χ2n) is 13.4. The summed E-state index contributed by atoms with van der Waals surface area (Å²) in [7, 11) is 0. The maximum atomic E-state index is 12.8. The van der Waals surface area contributed by atoms with Crippen molar-refractivity contribution in [2.24, 2.45) is 5.92 Å². The van der Waals surface area contributed by atoms with E-state index in [4.69, 9.17) is 23.7 Å². The molecule has 0 saturated heterocycles. The third kappa shape index (κ3) is 10.2. The zero-order valence-corrected chi connectivity index (χ0v) is 28.4. The number of carbonyl (C=O) groups is 3. The molecule has 3 aromatic rings. The summed E-state index contributed by atoms with van der Waals surface area (Å²) in [5, 5.41) is 0. The van der Waals surface area contributed by atoms with Crippen molar-refractivity contribution in [3.05, 3.63) is 96.1 Å². The molecule has 0 aromatic heterocycles. The first-order valence-corrected chi connectivity index (χ1v) is 15.4. The van der Waals surface area contributed by atoms with E-state index in [0.29, 0.717) is 39.9 Å². The second-order valence-corrected chi connectivity index (χ2v) is 13.4. The summed E-state index contributed by atoms with van der Waals surface area (Å²) in [5.74, 6) is 0.778. The van der Waals surface area contributed by atoms with Gasteiger partial charge in [-0.2, -0.15) is 0 Å². The first-order chi connectivity index (χ1) is 21.4. The first kappa shape index (κ1) is 35.9. The van der Waals surface area contributed by atoms with Crippen LogP contribution in [-0.4, -0.2) is 34.7 Å². The first-order valence-electron chi connectivity index (χ1n) is 15.4. The highest BCUT2D eigenvalue weighted by atomic mass is 16.6. The molecule has 246 valence electrons. The molecule has 0 heterocycles. The van der Waals surface area contributed by atoms with Gasteiger partial charge in [-0.15, -0.1) is 0 Å². The molecule has 46 heavy (non-hydrogen) atoms. The normalized spacial score (nSPS) is 11.9. The molecule has 0 N–H and O–H groups in total. The zero-order valence-electron chi connectivity index (χ0n) is 28.4. The number of hydrogen-bond donors (Lipinski definition) is 0. The van der Waals surface area contributed by atoms with Crippen LogP contribution in [0.1, 0.15) is 95.9 Å². The Balaban J connectivity index is 1.54. The van der Waals surface area contributed by atoms with Crippen LogP contribution in [0.2, 0.25) is 0 Å². The topological polar surface area (TPSA) is 97.4 Å². The van der Waals surface area contributed by atoms with Gasteiger partial charge in [0.05, 0.1) is 11.1 Å². The molecule has 0 aliphatic heterocycles. The molecule has 0 saturated carbocycles. The van der Waals surface area contributed by atoms with Gasteiger partial charge in [-0.3, -0.25) is 0 Å². The number of rotatable bonds is 14. The fourth-order valence-electron chi connectivity index (χ4n) is 4.09. The molecule has 0 fully saturated rings. The Hall–Kier alpha value is -4.59. The van der Waals surface area contributed by atoms with E-state index >= 15 is 0 Å². The Morgan fingerprint density at radius 2 is 1.02 bits per heavy atom. The van der Waals surface area contributed by atoms with Gasteiger partial charge in [-0.25, -0.2) is 14.4 Å². The SMILES string of the molecule is C=C(C)C(=O)OC(C)(C)C(C)(C)Oc1ccc(C(=O)Oc2ccc(OC(=O)c3ccc(OC(C)(C)CCC(C)C)cc3)cc2)cc1. The molecular weight excluding hydrogens is 584 g/mol. The van der Waals surface area contributed by atoms with Gasteiger partial charge < -0.3 is 23.7 Å². The highest BCUT2D eigenvalue weighted by Crippen LogP contribution is 2.32. The lowest BCUT2D eigenvalue weighted by molar-refractivity contribution is -0.171. The van der Waals surface area contributed by atoms with Crippen molar-refractivity contribution in [2.75, 3.05) is 0 Å². The van der Waals surface area contributed by atoms with Crippen molar-refractivity contribution < 1.29 is 38.1 Å². The van der Waals surface area contributed by atoms with E-state index in [1.165, 1.54) is 0 Å². The van der Waals surface area contributed by atoms with Gasteiger partial charge in [0.15, 0.2) is 0 Å². The second kappa shape index (κ2) is 14.7. The Labute approximate surface area is 272 Å². The molecule has 0 spiro atoms. The Kier molecular flexibility index (Phi) is 11.4. The van der Waals surface area contributed by atoms with Crippen LogP contribution in [0.4, 0.5) is 0 Å². The van der Waals surface area contributed by atoms with E-state index in [1.54, 1.807) is 93.6 Å². The predicted octanol–water partition coefficient (Wildman–Crippen LogP) is 8.77. The van der Waals surface area contributed by atoms with Crippen molar-refractivity contribution in [1.29, 1.82) is 0 Å². The molecular formula is C38H46O8. The molecule has 0 atom stereocenters. The van der Waals surface area contributed by atoms with E-state index < -0.39 is 29.1 Å². The minimum atomic E-state index is -0.967. The molecule has 0 bridgehead atoms. The van der Waals surface area contributed by atoms with Crippen LogP contribution >= 0.6 is 0 Å². The minimum Gasteiger partial charge on any atom is -0.488 e. The Bertz CT molecular complexity index is 1510. The molecule has 0 aliphatic carbocycles. The quantitative estimate of drug-likeness (QED) is 0.0991. The molecule has 8 nitrogen and oxygen atoms in total.